The molecule has 1 aliphatic rings. The van der Waals surface area contributed by atoms with Crippen LogP contribution >= 0.6 is 0 Å². The van der Waals surface area contributed by atoms with Gasteiger partial charge in [-0.05, 0) is 43.1 Å². The molecule has 0 saturated heterocycles. The Balaban J connectivity index is 1.92. The van der Waals surface area contributed by atoms with Gasteiger partial charge < -0.3 is 5.32 Å². The highest BCUT2D eigenvalue weighted by Crippen LogP contribution is 2.42. The van der Waals surface area contributed by atoms with Crippen LogP contribution in [0.3, 0.4) is 0 Å². The Kier molecular flexibility index (Phi) is 5.04. The van der Waals surface area contributed by atoms with Crippen LogP contribution < -0.4 is 5.32 Å². The predicted molar refractivity (Wildman–Crippen MR) is 83.2 cm³/mol. The number of hydrogen-bond acceptors (Lipinski definition) is 1. The molecule has 1 aromatic carbocycles. The summed E-state index contributed by atoms with van der Waals surface area (Å²) in [6.45, 7) is 8.19. The Morgan fingerprint density at radius 2 is 1.68 bits per heavy atom. The first-order chi connectivity index (χ1) is 9.11. The molecule has 1 heteroatoms. The Bertz CT molecular complexity index is 363. The first kappa shape index (κ1) is 14.6. The van der Waals surface area contributed by atoms with Crippen molar-refractivity contribution in [1.82, 2.24) is 5.32 Å². The van der Waals surface area contributed by atoms with Gasteiger partial charge in [0, 0.05) is 12.6 Å². The summed E-state index contributed by atoms with van der Waals surface area (Å²) in [5, 5.41) is 3.79. The summed E-state index contributed by atoms with van der Waals surface area (Å²) >= 11 is 0. The highest BCUT2D eigenvalue weighted by molar-refractivity contribution is 5.18. The van der Waals surface area contributed by atoms with E-state index in [9.17, 15) is 0 Å². The first-order valence-corrected chi connectivity index (χ1v) is 7.90. The molecule has 1 aromatic rings. The third kappa shape index (κ3) is 4.07. The fourth-order valence-corrected chi connectivity index (χ4v) is 3.67. The maximum atomic E-state index is 3.79. The molecule has 0 aliphatic heterocycles. The van der Waals surface area contributed by atoms with Crippen molar-refractivity contribution in [2.75, 3.05) is 6.54 Å². The SMILES string of the molecule is CC(C)CC1(CNC(C)c2ccccc2)CCCC1. The molecule has 0 bridgehead atoms. The topological polar surface area (TPSA) is 12.0 Å². The molecule has 1 aliphatic carbocycles. The molecular formula is C18H29N. The van der Waals surface area contributed by atoms with Gasteiger partial charge in [0.2, 0.25) is 0 Å². The molecule has 0 radical (unpaired) electrons. The summed E-state index contributed by atoms with van der Waals surface area (Å²) in [5.41, 5.74) is 1.97. The summed E-state index contributed by atoms with van der Waals surface area (Å²) in [5.74, 6) is 0.812. The Labute approximate surface area is 118 Å². The summed E-state index contributed by atoms with van der Waals surface area (Å²) in [6, 6.07) is 11.3. The van der Waals surface area contributed by atoms with Gasteiger partial charge in [-0.25, -0.2) is 0 Å². The zero-order valence-electron chi connectivity index (χ0n) is 12.8. The van der Waals surface area contributed by atoms with E-state index in [0.717, 1.165) is 5.92 Å². The number of nitrogens with one attached hydrogen (secondary N) is 1. The van der Waals surface area contributed by atoms with Crippen LogP contribution in [0.25, 0.3) is 0 Å². The van der Waals surface area contributed by atoms with Crippen LogP contribution in [0.5, 0.6) is 0 Å². The van der Waals surface area contributed by atoms with E-state index in [0.29, 0.717) is 11.5 Å². The molecule has 2 rings (SSSR count). The molecule has 0 aromatic heterocycles. The molecule has 1 fully saturated rings. The van der Waals surface area contributed by atoms with Gasteiger partial charge in [0.15, 0.2) is 0 Å². The van der Waals surface area contributed by atoms with Gasteiger partial charge >= 0.3 is 0 Å². The average molecular weight is 259 g/mol. The minimum absolute atomic E-state index is 0.464. The second-order valence-corrected chi connectivity index (χ2v) is 6.82. The molecule has 1 saturated carbocycles. The third-order valence-electron chi connectivity index (χ3n) is 4.59. The largest absolute Gasteiger partial charge is 0.310 e. The fourth-order valence-electron chi connectivity index (χ4n) is 3.67. The van der Waals surface area contributed by atoms with Crippen LogP contribution in [-0.2, 0) is 0 Å². The molecular weight excluding hydrogens is 230 g/mol. The molecule has 1 atom stereocenters. The fraction of sp³-hybridized carbons (Fsp3) is 0.667. The maximum absolute atomic E-state index is 3.79. The van der Waals surface area contributed by atoms with Gasteiger partial charge in [-0.3, -0.25) is 0 Å². The van der Waals surface area contributed by atoms with E-state index in [1.165, 1.54) is 44.2 Å². The van der Waals surface area contributed by atoms with Crippen molar-refractivity contribution in [3.05, 3.63) is 35.9 Å². The Hall–Kier alpha value is -0.820. The molecule has 19 heavy (non-hydrogen) atoms. The normalized spacial score (nSPS) is 19.8. The second-order valence-electron chi connectivity index (χ2n) is 6.82. The molecule has 106 valence electrons. The van der Waals surface area contributed by atoms with Gasteiger partial charge in [0.25, 0.3) is 0 Å². The van der Waals surface area contributed by atoms with Crippen molar-refractivity contribution >= 4 is 0 Å². The van der Waals surface area contributed by atoms with Crippen molar-refractivity contribution in [1.29, 1.82) is 0 Å². The van der Waals surface area contributed by atoms with E-state index in [4.69, 9.17) is 0 Å². The smallest absolute Gasteiger partial charge is 0.0292 e. The van der Waals surface area contributed by atoms with Crippen molar-refractivity contribution in [2.24, 2.45) is 11.3 Å². The number of benzene rings is 1. The summed E-state index contributed by atoms with van der Waals surface area (Å²) in [7, 11) is 0. The maximum Gasteiger partial charge on any atom is 0.0292 e. The van der Waals surface area contributed by atoms with Crippen molar-refractivity contribution in [3.8, 4) is 0 Å². The van der Waals surface area contributed by atoms with Gasteiger partial charge in [-0.15, -0.1) is 0 Å². The lowest BCUT2D eigenvalue weighted by Crippen LogP contribution is -2.34. The standard InChI is InChI=1S/C18H29N/c1-15(2)13-18(11-7-8-12-18)14-19-16(3)17-9-5-4-6-10-17/h4-6,9-10,15-16,19H,7-8,11-14H2,1-3H3. The second kappa shape index (κ2) is 6.56. The Morgan fingerprint density at radius 1 is 1.05 bits per heavy atom. The summed E-state index contributed by atoms with van der Waals surface area (Å²) in [6.07, 6.45) is 7.06. The zero-order chi connectivity index (χ0) is 13.7. The highest BCUT2D eigenvalue weighted by Gasteiger charge is 2.34. The molecule has 0 amide bonds. The van der Waals surface area contributed by atoms with Crippen LogP contribution in [0.4, 0.5) is 0 Å². The third-order valence-corrected chi connectivity index (χ3v) is 4.59. The van der Waals surface area contributed by atoms with Crippen molar-refractivity contribution in [2.45, 2.75) is 58.9 Å². The number of hydrogen-bond donors (Lipinski definition) is 1. The summed E-state index contributed by atoms with van der Waals surface area (Å²) in [4.78, 5) is 0. The van der Waals surface area contributed by atoms with Crippen LogP contribution in [0, 0.1) is 11.3 Å². The monoisotopic (exact) mass is 259 g/mol. The molecule has 0 spiro atoms. The number of rotatable bonds is 6. The predicted octanol–water partition coefficient (Wildman–Crippen LogP) is 4.94. The van der Waals surface area contributed by atoms with E-state index < -0.39 is 0 Å². The molecule has 1 unspecified atom stereocenters. The minimum Gasteiger partial charge on any atom is -0.310 e. The van der Waals surface area contributed by atoms with Gasteiger partial charge in [0.1, 0.15) is 0 Å². The van der Waals surface area contributed by atoms with Gasteiger partial charge in [0.05, 0.1) is 0 Å². The van der Waals surface area contributed by atoms with E-state index in [2.05, 4.69) is 56.4 Å². The van der Waals surface area contributed by atoms with E-state index in [-0.39, 0.29) is 0 Å². The van der Waals surface area contributed by atoms with Crippen LogP contribution in [0.15, 0.2) is 30.3 Å². The highest BCUT2D eigenvalue weighted by atomic mass is 14.9. The van der Waals surface area contributed by atoms with Crippen molar-refractivity contribution < 1.29 is 0 Å². The molecule has 1 nitrogen and oxygen atoms in total. The van der Waals surface area contributed by atoms with Crippen LogP contribution in [0.1, 0.15) is 64.5 Å². The van der Waals surface area contributed by atoms with Crippen molar-refractivity contribution in [3.63, 3.8) is 0 Å². The lowest BCUT2D eigenvalue weighted by molar-refractivity contribution is 0.217. The van der Waals surface area contributed by atoms with Crippen LogP contribution in [-0.4, -0.2) is 6.54 Å². The lowest BCUT2D eigenvalue weighted by Gasteiger charge is -2.32. The first-order valence-electron chi connectivity index (χ1n) is 7.90. The van der Waals surface area contributed by atoms with E-state index >= 15 is 0 Å². The Morgan fingerprint density at radius 3 is 2.26 bits per heavy atom. The van der Waals surface area contributed by atoms with E-state index in [1.807, 2.05) is 0 Å². The lowest BCUT2D eigenvalue weighted by atomic mass is 9.78. The van der Waals surface area contributed by atoms with Crippen LogP contribution in [0.2, 0.25) is 0 Å². The molecule has 1 N–H and O–H groups in total. The van der Waals surface area contributed by atoms with Gasteiger partial charge in [-0.2, -0.15) is 0 Å². The van der Waals surface area contributed by atoms with E-state index in [1.54, 1.807) is 0 Å². The summed E-state index contributed by atoms with van der Waals surface area (Å²) < 4.78 is 0. The quantitative estimate of drug-likeness (QED) is 0.762. The minimum atomic E-state index is 0.464. The zero-order valence-corrected chi connectivity index (χ0v) is 12.8. The average Bonchev–Trinajstić information content (AvgIpc) is 2.85. The molecule has 0 heterocycles. The van der Waals surface area contributed by atoms with Gasteiger partial charge in [-0.1, -0.05) is 57.0 Å².